The normalized spacial score (nSPS) is 11.6. The van der Waals surface area contributed by atoms with Gasteiger partial charge < -0.3 is 11.1 Å². The summed E-state index contributed by atoms with van der Waals surface area (Å²) in [4.78, 5) is 12.0. The monoisotopic (exact) mass is 230 g/mol. The van der Waals surface area contributed by atoms with Gasteiger partial charge in [0.05, 0.1) is 11.6 Å². The van der Waals surface area contributed by atoms with Crippen molar-refractivity contribution < 1.29 is 4.79 Å². The number of terminal acetylenes is 1. The Bertz CT molecular complexity index is 426. The fourth-order valence-corrected chi connectivity index (χ4v) is 1.72. The lowest BCUT2D eigenvalue weighted by molar-refractivity contribution is 0.0944. The van der Waals surface area contributed by atoms with Gasteiger partial charge >= 0.3 is 0 Å². The van der Waals surface area contributed by atoms with Gasteiger partial charge in [0.15, 0.2) is 0 Å². The predicted octanol–water partition coefficient (Wildman–Crippen LogP) is 2.11. The van der Waals surface area contributed by atoms with E-state index < -0.39 is 0 Å². The summed E-state index contributed by atoms with van der Waals surface area (Å²) in [7, 11) is 0. The first kappa shape index (κ1) is 13.1. The van der Waals surface area contributed by atoms with Gasteiger partial charge in [0.1, 0.15) is 0 Å². The molecule has 0 aliphatic carbocycles. The lowest BCUT2D eigenvalue weighted by atomic mass is 10.1. The average molecular weight is 230 g/mol. The van der Waals surface area contributed by atoms with Gasteiger partial charge in [-0.15, -0.1) is 6.42 Å². The van der Waals surface area contributed by atoms with Crippen LogP contribution in [0.2, 0.25) is 0 Å². The maximum Gasteiger partial charge on any atom is 0.254 e. The highest BCUT2D eigenvalue weighted by Gasteiger charge is 2.15. The average Bonchev–Trinajstić information content (AvgIpc) is 2.28. The first-order chi connectivity index (χ1) is 8.10. The SMILES string of the molecule is C#CC(CCC)NC(=O)c1c(C)cccc1N. The highest BCUT2D eigenvalue weighted by molar-refractivity contribution is 6.00. The summed E-state index contributed by atoms with van der Waals surface area (Å²) in [6, 6.07) is 5.17. The van der Waals surface area contributed by atoms with Crippen molar-refractivity contribution in [2.45, 2.75) is 32.7 Å². The van der Waals surface area contributed by atoms with E-state index in [1.54, 1.807) is 6.07 Å². The van der Waals surface area contributed by atoms with Crippen molar-refractivity contribution >= 4 is 11.6 Å². The van der Waals surface area contributed by atoms with Crippen molar-refractivity contribution in [1.29, 1.82) is 0 Å². The molecule has 3 N–H and O–H groups in total. The molecule has 1 aromatic carbocycles. The highest BCUT2D eigenvalue weighted by Crippen LogP contribution is 2.16. The topological polar surface area (TPSA) is 55.1 Å². The Labute approximate surface area is 102 Å². The van der Waals surface area contributed by atoms with E-state index in [4.69, 9.17) is 12.2 Å². The number of hydrogen-bond acceptors (Lipinski definition) is 2. The number of carbonyl (C=O) groups excluding carboxylic acids is 1. The molecule has 3 heteroatoms. The quantitative estimate of drug-likeness (QED) is 0.615. The van der Waals surface area contributed by atoms with E-state index in [0.717, 1.165) is 18.4 Å². The maximum atomic E-state index is 12.0. The number of nitrogens with one attached hydrogen (secondary N) is 1. The molecule has 0 aromatic heterocycles. The minimum absolute atomic E-state index is 0.197. The van der Waals surface area contributed by atoms with E-state index in [0.29, 0.717) is 11.3 Å². The van der Waals surface area contributed by atoms with E-state index in [9.17, 15) is 4.79 Å². The van der Waals surface area contributed by atoms with Crippen molar-refractivity contribution in [1.82, 2.24) is 5.32 Å². The Kier molecular flexibility index (Phi) is 4.59. The second-order valence-electron chi connectivity index (χ2n) is 4.02. The maximum absolute atomic E-state index is 12.0. The Morgan fingerprint density at radius 2 is 2.29 bits per heavy atom. The molecular formula is C14H18N2O. The molecule has 1 amide bonds. The minimum atomic E-state index is -0.230. The molecule has 1 unspecified atom stereocenters. The van der Waals surface area contributed by atoms with Crippen LogP contribution in [-0.2, 0) is 0 Å². The van der Waals surface area contributed by atoms with Gasteiger partial charge in [-0.05, 0) is 25.0 Å². The number of aryl methyl sites for hydroxylation is 1. The summed E-state index contributed by atoms with van der Waals surface area (Å²) in [5.74, 6) is 2.37. The molecule has 1 rings (SSSR count). The fraction of sp³-hybridized carbons (Fsp3) is 0.357. The summed E-state index contributed by atoms with van der Waals surface area (Å²) in [5, 5.41) is 2.81. The molecule has 0 fully saturated rings. The third kappa shape index (κ3) is 3.25. The Morgan fingerprint density at radius 1 is 1.59 bits per heavy atom. The van der Waals surface area contributed by atoms with Gasteiger partial charge in [0.2, 0.25) is 0 Å². The zero-order chi connectivity index (χ0) is 12.8. The summed E-state index contributed by atoms with van der Waals surface area (Å²) in [5.41, 5.74) is 7.66. The first-order valence-electron chi connectivity index (χ1n) is 5.72. The smallest absolute Gasteiger partial charge is 0.254 e. The van der Waals surface area contributed by atoms with Crippen LogP contribution in [0.5, 0.6) is 0 Å². The van der Waals surface area contributed by atoms with Crippen LogP contribution in [0.15, 0.2) is 18.2 Å². The number of nitrogen functional groups attached to an aromatic ring is 1. The van der Waals surface area contributed by atoms with Crippen LogP contribution in [0.4, 0.5) is 5.69 Å². The van der Waals surface area contributed by atoms with Crippen LogP contribution < -0.4 is 11.1 Å². The molecule has 1 aromatic rings. The molecule has 0 aliphatic heterocycles. The third-order valence-corrected chi connectivity index (χ3v) is 2.62. The minimum Gasteiger partial charge on any atom is -0.398 e. The molecule has 0 aliphatic rings. The van der Waals surface area contributed by atoms with E-state index in [1.165, 1.54) is 0 Å². The number of carbonyl (C=O) groups is 1. The number of nitrogens with two attached hydrogens (primary N) is 1. The van der Waals surface area contributed by atoms with E-state index in [2.05, 4.69) is 11.2 Å². The molecule has 3 nitrogen and oxygen atoms in total. The summed E-state index contributed by atoms with van der Waals surface area (Å²) in [6.07, 6.45) is 7.07. The van der Waals surface area contributed by atoms with Crippen molar-refractivity contribution in [3.63, 3.8) is 0 Å². The Morgan fingerprint density at radius 3 is 2.82 bits per heavy atom. The molecule has 0 heterocycles. The van der Waals surface area contributed by atoms with Crippen molar-refractivity contribution in [3.8, 4) is 12.3 Å². The standard InChI is InChI=1S/C14H18N2O/c1-4-7-11(5-2)16-14(17)13-10(3)8-6-9-12(13)15/h2,6,8-9,11H,4,7,15H2,1,3H3,(H,16,17). The molecule has 17 heavy (non-hydrogen) atoms. The molecule has 0 saturated heterocycles. The largest absolute Gasteiger partial charge is 0.398 e. The number of amides is 1. The lowest BCUT2D eigenvalue weighted by Crippen LogP contribution is -2.34. The zero-order valence-corrected chi connectivity index (χ0v) is 10.3. The second-order valence-corrected chi connectivity index (χ2v) is 4.02. The first-order valence-corrected chi connectivity index (χ1v) is 5.72. The van der Waals surface area contributed by atoms with E-state index >= 15 is 0 Å². The molecular weight excluding hydrogens is 212 g/mol. The highest BCUT2D eigenvalue weighted by atomic mass is 16.1. The Hall–Kier alpha value is -1.95. The van der Waals surface area contributed by atoms with Gasteiger partial charge in [-0.3, -0.25) is 4.79 Å². The van der Waals surface area contributed by atoms with Crippen LogP contribution in [0.25, 0.3) is 0 Å². The van der Waals surface area contributed by atoms with Crippen LogP contribution in [0, 0.1) is 19.3 Å². The van der Waals surface area contributed by atoms with Gasteiger partial charge in [0, 0.05) is 5.69 Å². The van der Waals surface area contributed by atoms with Crippen LogP contribution in [0.3, 0.4) is 0 Å². The van der Waals surface area contributed by atoms with Crippen LogP contribution >= 0.6 is 0 Å². The predicted molar refractivity (Wildman–Crippen MR) is 70.6 cm³/mol. The number of anilines is 1. The van der Waals surface area contributed by atoms with Crippen molar-refractivity contribution in [2.75, 3.05) is 5.73 Å². The summed E-state index contributed by atoms with van der Waals surface area (Å²) in [6.45, 7) is 3.88. The molecule has 0 radical (unpaired) electrons. The third-order valence-electron chi connectivity index (χ3n) is 2.62. The van der Waals surface area contributed by atoms with Crippen molar-refractivity contribution in [2.24, 2.45) is 0 Å². The Balaban J connectivity index is 2.87. The number of benzene rings is 1. The fourth-order valence-electron chi connectivity index (χ4n) is 1.72. The summed E-state index contributed by atoms with van der Waals surface area (Å²) >= 11 is 0. The van der Waals surface area contributed by atoms with Crippen molar-refractivity contribution in [3.05, 3.63) is 29.3 Å². The molecule has 0 bridgehead atoms. The number of rotatable bonds is 4. The van der Waals surface area contributed by atoms with E-state index in [1.807, 2.05) is 26.0 Å². The van der Waals surface area contributed by atoms with Gasteiger partial charge in [-0.25, -0.2) is 0 Å². The van der Waals surface area contributed by atoms with Gasteiger partial charge in [0.25, 0.3) is 5.91 Å². The molecule has 0 saturated carbocycles. The van der Waals surface area contributed by atoms with E-state index in [-0.39, 0.29) is 11.9 Å². The molecule has 1 atom stereocenters. The van der Waals surface area contributed by atoms with Crippen LogP contribution in [-0.4, -0.2) is 11.9 Å². The summed E-state index contributed by atoms with van der Waals surface area (Å²) < 4.78 is 0. The molecule has 90 valence electrons. The molecule has 0 spiro atoms. The number of hydrogen-bond donors (Lipinski definition) is 2. The van der Waals surface area contributed by atoms with Gasteiger partial charge in [-0.2, -0.15) is 0 Å². The lowest BCUT2D eigenvalue weighted by Gasteiger charge is -2.14. The van der Waals surface area contributed by atoms with Gasteiger partial charge in [-0.1, -0.05) is 31.4 Å². The van der Waals surface area contributed by atoms with Crippen LogP contribution in [0.1, 0.15) is 35.7 Å². The second kappa shape index (κ2) is 5.95. The zero-order valence-electron chi connectivity index (χ0n) is 10.3.